The molecule has 0 aliphatic heterocycles. The van der Waals surface area contributed by atoms with Crippen LogP contribution in [0, 0.1) is 21.4 Å². The summed E-state index contributed by atoms with van der Waals surface area (Å²) in [5.74, 6) is 0.0310. The van der Waals surface area contributed by atoms with Gasteiger partial charge in [-0.15, -0.1) is 0 Å². The summed E-state index contributed by atoms with van der Waals surface area (Å²) in [6.45, 7) is -2.66. The number of halogens is 2. The molecule has 0 spiro atoms. The fourth-order valence-corrected chi connectivity index (χ4v) is 1.92. The Labute approximate surface area is 130 Å². The molecular weight excluding hydrogens is 308 g/mol. The highest BCUT2D eigenvalue weighted by atomic mass is 19.3. The molecule has 0 atom stereocenters. The van der Waals surface area contributed by atoms with Crippen molar-refractivity contribution in [1.82, 2.24) is 0 Å². The Morgan fingerprint density at radius 2 is 2.09 bits per heavy atom. The standard InChI is InChI=1S/C15H11F2N3O3/c16-15(17)23-13-3-1-2-10(6-13)9-19-14-5-4-12(20(21)22)7-11(14)8-18/h1-7,15,19H,9H2. The van der Waals surface area contributed by atoms with E-state index in [1.807, 2.05) is 6.07 Å². The maximum atomic E-state index is 12.2. The van der Waals surface area contributed by atoms with E-state index in [1.54, 1.807) is 12.1 Å². The SMILES string of the molecule is N#Cc1cc([N+](=O)[O-])ccc1NCc1cccc(OC(F)F)c1. The molecule has 1 N–H and O–H groups in total. The van der Waals surface area contributed by atoms with E-state index in [9.17, 15) is 18.9 Å². The minimum Gasteiger partial charge on any atom is -0.435 e. The highest BCUT2D eigenvalue weighted by Gasteiger charge is 2.10. The quantitative estimate of drug-likeness (QED) is 0.648. The first-order valence-electron chi connectivity index (χ1n) is 6.46. The first kappa shape index (κ1) is 16.2. The van der Waals surface area contributed by atoms with Crippen LogP contribution in [0.2, 0.25) is 0 Å². The molecule has 0 amide bonds. The van der Waals surface area contributed by atoms with E-state index in [4.69, 9.17) is 5.26 Å². The molecule has 2 rings (SSSR count). The van der Waals surface area contributed by atoms with Gasteiger partial charge >= 0.3 is 6.61 Å². The fraction of sp³-hybridized carbons (Fsp3) is 0.133. The van der Waals surface area contributed by atoms with Crippen LogP contribution >= 0.6 is 0 Å². The number of nitro groups is 1. The second-order valence-corrected chi connectivity index (χ2v) is 4.48. The zero-order chi connectivity index (χ0) is 16.8. The largest absolute Gasteiger partial charge is 0.435 e. The van der Waals surface area contributed by atoms with Gasteiger partial charge in [-0.3, -0.25) is 10.1 Å². The minimum absolute atomic E-state index is 0.0310. The first-order valence-corrected chi connectivity index (χ1v) is 6.46. The number of ether oxygens (including phenoxy) is 1. The molecule has 0 aliphatic rings. The number of non-ortho nitro benzene ring substituents is 1. The van der Waals surface area contributed by atoms with Gasteiger partial charge in [0.1, 0.15) is 11.8 Å². The molecule has 0 heterocycles. The molecule has 2 aromatic rings. The second kappa shape index (κ2) is 7.17. The van der Waals surface area contributed by atoms with Gasteiger partial charge in [0.15, 0.2) is 0 Å². The highest BCUT2D eigenvalue weighted by Crippen LogP contribution is 2.23. The Balaban J connectivity index is 2.12. The van der Waals surface area contributed by atoms with Gasteiger partial charge in [-0.25, -0.2) is 0 Å². The molecule has 8 heteroatoms. The lowest BCUT2D eigenvalue weighted by Gasteiger charge is -2.10. The second-order valence-electron chi connectivity index (χ2n) is 4.48. The number of nitrogens with one attached hydrogen (secondary N) is 1. The number of nitrogens with zero attached hydrogens (tertiary/aromatic N) is 2. The van der Waals surface area contributed by atoms with E-state index in [2.05, 4.69) is 10.1 Å². The maximum absolute atomic E-state index is 12.2. The van der Waals surface area contributed by atoms with Gasteiger partial charge in [0.2, 0.25) is 0 Å². The van der Waals surface area contributed by atoms with Crippen LogP contribution in [0.15, 0.2) is 42.5 Å². The highest BCUT2D eigenvalue weighted by molar-refractivity contribution is 5.61. The average molecular weight is 319 g/mol. The Kier molecular flexibility index (Phi) is 5.04. The van der Waals surface area contributed by atoms with Crippen molar-refractivity contribution < 1.29 is 18.4 Å². The summed E-state index contributed by atoms with van der Waals surface area (Å²) < 4.78 is 28.7. The van der Waals surface area contributed by atoms with E-state index in [0.29, 0.717) is 11.3 Å². The Bertz CT molecular complexity index is 760. The number of nitro benzene ring substituents is 1. The van der Waals surface area contributed by atoms with Crippen LogP contribution in [0.4, 0.5) is 20.2 Å². The minimum atomic E-state index is -2.90. The van der Waals surface area contributed by atoms with E-state index in [0.717, 1.165) is 0 Å². The molecule has 2 aromatic carbocycles. The van der Waals surface area contributed by atoms with Crippen molar-refractivity contribution in [2.45, 2.75) is 13.2 Å². The lowest BCUT2D eigenvalue weighted by atomic mass is 10.1. The molecule has 118 valence electrons. The number of hydrogen-bond acceptors (Lipinski definition) is 5. The zero-order valence-electron chi connectivity index (χ0n) is 11.7. The van der Waals surface area contributed by atoms with Gasteiger partial charge in [-0.1, -0.05) is 12.1 Å². The van der Waals surface area contributed by atoms with Crippen LogP contribution < -0.4 is 10.1 Å². The molecule has 6 nitrogen and oxygen atoms in total. The Hall–Kier alpha value is -3.21. The molecule has 0 saturated carbocycles. The third-order valence-corrected chi connectivity index (χ3v) is 2.94. The van der Waals surface area contributed by atoms with Gasteiger partial charge in [0.05, 0.1) is 16.2 Å². The van der Waals surface area contributed by atoms with Crippen molar-refractivity contribution >= 4 is 11.4 Å². The number of nitriles is 1. The topological polar surface area (TPSA) is 88.2 Å². The zero-order valence-corrected chi connectivity index (χ0v) is 11.7. The van der Waals surface area contributed by atoms with Crippen molar-refractivity contribution in [3.63, 3.8) is 0 Å². The number of alkyl halides is 2. The van der Waals surface area contributed by atoms with Crippen molar-refractivity contribution in [1.29, 1.82) is 5.26 Å². The van der Waals surface area contributed by atoms with Crippen molar-refractivity contribution in [2.24, 2.45) is 0 Å². The predicted octanol–water partition coefficient (Wildman–Crippen LogP) is 3.68. The summed E-state index contributed by atoms with van der Waals surface area (Å²) in [7, 11) is 0. The van der Waals surface area contributed by atoms with Gasteiger partial charge in [-0.05, 0) is 23.8 Å². The molecular formula is C15H11F2N3O3. The maximum Gasteiger partial charge on any atom is 0.387 e. The van der Waals surface area contributed by atoms with Crippen LogP contribution in [-0.4, -0.2) is 11.5 Å². The molecule has 0 saturated heterocycles. The average Bonchev–Trinajstić information content (AvgIpc) is 2.52. The van der Waals surface area contributed by atoms with Crippen molar-refractivity contribution in [3.8, 4) is 11.8 Å². The number of rotatable bonds is 6. The number of hydrogen-bond donors (Lipinski definition) is 1. The van der Waals surface area contributed by atoms with Gasteiger partial charge in [0.25, 0.3) is 5.69 Å². The summed E-state index contributed by atoms with van der Waals surface area (Å²) in [5, 5.41) is 22.7. The predicted molar refractivity (Wildman–Crippen MR) is 78.2 cm³/mol. The fourth-order valence-electron chi connectivity index (χ4n) is 1.92. The Morgan fingerprint density at radius 3 is 2.74 bits per heavy atom. The normalized spacial score (nSPS) is 10.2. The molecule has 0 aliphatic carbocycles. The monoisotopic (exact) mass is 319 g/mol. The van der Waals surface area contributed by atoms with Crippen LogP contribution in [0.25, 0.3) is 0 Å². The molecule has 0 radical (unpaired) electrons. The molecule has 0 unspecified atom stereocenters. The van der Waals surface area contributed by atoms with Gasteiger partial charge < -0.3 is 10.1 Å². The Morgan fingerprint density at radius 1 is 1.30 bits per heavy atom. The third kappa shape index (κ3) is 4.38. The lowest BCUT2D eigenvalue weighted by Crippen LogP contribution is -2.04. The summed E-state index contributed by atoms with van der Waals surface area (Å²) >= 11 is 0. The molecule has 0 aromatic heterocycles. The lowest BCUT2D eigenvalue weighted by molar-refractivity contribution is -0.384. The van der Waals surface area contributed by atoms with Gasteiger partial charge in [0, 0.05) is 18.7 Å². The summed E-state index contributed by atoms with van der Waals surface area (Å²) in [4.78, 5) is 10.1. The molecule has 23 heavy (non-hydrogen) atoms. The first-order chi connectivity index (χ1) is 11.0. The van der Waals surface area contributed by atoms with Crippen molar-refractivity contribution in [3.05, 3.63) is 63.7 Å². The third-order valence-electron chi connectivity index (χ3n) is 2.94. The number of benzene rings is 2. The van der Waals surface area contributed by atoms with Crippen LogP contribution in [0.3, 0.4) is 0 Å². The summed E-state index contributed by atoms with van der Waals surface area (Å²) in [6.07, 6.45) is 0. The van der Waals surface area contributed by atoms with Gasteiger partial charge in [-0.2, -0.15) is 14.0 Å². The molecule has 0 fully saturated rings. The van der Waals surface area contributed by atoms with Crippen LogP contribution in [-0.2, 0) is 6.54 Å². The van der Waals surface area contributed by atoms with Crippen molar-refractivity contribution in [2.75, 3.05) is 5.32 Å². The van der Waals surface area contributed by atoms with Crippen LogP contribution in [0.1, 0.15) is 11.1 Å². The van der Waals surface area contributed by atoms with Crippen LogP contribution in [0.5, 0.6) is 5.75 Å². The summed E-state index contributed by atoms with van der Waals surface area (Å²) in [5.41, 5.74) is 1.02. The van der Waals surface area contributed by atoms with E-state index < -0.39 is 11.5 Å². The summed E-state index contributed by atoms with van der Waals surface area (Å²) in [6, 6.07) is 11.9. The van der Waals surface area contributed by atoms with E-state index >= 15 is 0 Å². The van der Waals surface area contributed by atoms with E-state index in [-0.39, 0.29) is 23.5 Å². The smallest absolute Gasteiger partial charge is 0.387 e. The number of anilines is 1. The van der Waals surface area contributed by atoms with E-state index in [1.165, 1.54) is 30.3 Å². The molecule has 0 bridgehead atoms.